The zero-order valence-electron chi connectivity index (χ0n) is 13.3. The topological polar surface area (TPSA) is 12.0 Å². The van der Waals surface area contributed by atoms with E-state index in [9.17, 15) is 8.78 Å². The van der Waals surface area contributed by atoms with Crippen LogP contribution in [0, 0.1) is 29.4 Å². The third-order valence-corrected chi connectivity index (χ3v) is 4.97. The van der Waals surface area contributed by atoms with Crippen LogP contribution in [0.2, 0.25) is 0 Å². The maximum Gasteiger partial charge on any atom is 0.130 e. The fraction of sp³-hybridized carbons (Fsp3) is 0.667. The van der Waals surface area contributed by atoms with Gasteiger partial charge in [0, 0.05) is 11.6 Å². The van der Waals surface area contributed by atoms with E-state index in [0.717, 1.165) is 25.3 Å². The van der Waals surface area contributed by atoms with Crippen molar-refractivity contribution >= 4 is 0 Å². The van der Waals surface area contributed by atoms with E-state index in [2.05, 4.69) is 19.2 Å². The lowest BCUT2D eigenvalue weighted by Crippen LogP contribution is -2.33. The van der Waals surface area contributed by atoms with Crippen molar-refractivity contribution in [1.29, 1.82) is 0 Å². The largest absolute Gasteiger partial charge is 0.310 e. The molecule has 0 aromatic heterocycles. The van der Waals surface area contributed by atoms with Gasteiger partial charge in [0.05, 0.1) is 0 Å². The van der Waals surface area contributed by atoms with Crippen LogP contribution in [0.5, 0.6) is 0 Å². The first-order valence-corrected chi connectivity index (χ1v) is 8.21. The number of hydrogen-bond donors (Lipinski definition) is 1. The highest BCUT2D eigenvalue weighted by Gasteiger charge is 2.32. The Kier molecular flexibility index (Phi) is 5.74. The monoisotopic (exact) mass is 295 g/mol. The predicted octanol–water partition coefficient (Wildman–Crippen LogP) is 5.08. The van der Waals surface area contributed by atoms with Crippen LogP contribution in [0.4, 0.5) is 8.78 Å². The molecule has 1 aliphatic rings. The number of halogens is 2. The van der Waals surface area contributed by atoms with Crippen molar-refractivity contribution < 1.29 is 8.78 Å². The summed E-state index contributed by atoms with van der Waals surface area (Å²) in [5.74, 6) is 0.938. The van der Waals surface area contributed by atoms with Gasteiger partial charge in [-0.15, -0.1) is 0 Å². The first-order chi connectivity index (χ1) is 10.0. The second-order valence-electron chi connectivity index (χ2n) is 6.59. The fourth-order valence-corrected chi connectivity index (χ4v) is 3.68. The predicted molar refractivity (Wildman–Crippen MR) is 83.1 cm³/mol. The van der Waals surface area contributed by atoms with Crippen LogP contribution in [-0.4, -0.2) is 6.54 Å². The Hall–Kier alpha value is -0.960. The molecule has 1 atom stereocenters. The van der Waals surface area contributed by atoms with Crippen LogP contribution in [0.25, 0.3) is 0 Å². The van der Waals surface area contributed by atoms with Gasteiger partial charge in [0.25, 0.3) is 0 Å². The molecule has 0 amide bonds. The summed E-state index contributed by atoms with van der Waals surface area (Å²) < 4.78 is 28.2. The van der Waals surface area contributed by atoms with Crippen molar-refractivity contribution in [3.05, 3.63) is 35.4 Å². The lowest BCUT2D eigenvalue weighted by molar-refractivity contribution is 0.186. The molecule has 0 spiro atoms. The summed E-state index contributed by atoms with van der Waals surface area (Å²) in [5, 5.41) is 3.31. The van der Waals surface area contributed by atoms with Crippen molar-refractivity contribution in [3.63, 3.8) is 0 Å². The lowest BCUT2D eigenvalue weighted by Gasteiger charge is -2.36. The maximum absolute atomic E-state index is 14.1. The Labute approximate surface area is 127 Å². The SMILES string of the molecule is CCNC(c1c(F)cccc1F)C1CCC(C(C)C)CC1. The van der Waals surface area contributed by atoms with Crippen LogP contribution in [-0.2, 0) is 0 Å². The molecule has 0 heterocycles. The molecule has 1 unspecified atom stereocenters. The summed E-state index contributed by atoms with van der Waals surface area (Å²) in [6, 6.07) is 3.96. The van der Waals surface area contributed by atoms with Gasteiger partial charge in [0.2, 0.25) is 0 Å². The van der Waals surface area contributed by atoms with E-state index in [1.807, 2.05) is 6.92 Å². The molecule has 118 valence electrons. The van der Waals surface area contributed by atoms with E-state index in [4.69, 9.17) is 0 Å². The van der Waals surface area contributed by atoms with Gasteiger partial charge in [-0.1, -0.05) is 26.8 Å². The molecular formula is C18H27F2N. The van der Waals surface area contributed by atoms with Gasteiger partial charge >= 0.3 is 0 Å². The average Bonchev–Trinajstić information content (AvgIpc) is 2.46. The minimum Gasteiger partial charge on any atom is -0.310 e. The Balaban J connectivity index is 2.17. The van der Waals surface area contributed by atoms with Gasteiger partial charge in [0.1, 0.15) is 11.6 Å². The van der Waals surface area contributed by atoms with Gasteiger partial charge in [-0.3, -0.25) is 0 Å². The Morgan fingerprint density at radius 2 is 1.57 bits per heavy atom. The van der Waals surface area contributed by atoms with Crippen LogP contribution in [0.15, 0.2) is 18.2 Å². The number of benzene rings is 1. The Morgan fingerprint density at radius 3 is 2.05 bits per heavy atom. The lowest BCUT2D eigenvalue weighted by atomic mass is 9.73. The zero-order chi connectivity index (χ0) is 15.4. The second-order valence-corrected chi connectivity index (χ2v) is 6.59. The molecule has 2 rings (SSSR count). The molecule has 0 radical (unpaired) electrons. The van der Waals surface area contributed by atoms with Crippen molar-refractivity contribution in [3.8, 4) is 0 Å². The average molecular weight is 295 g/mol. The van der Waals surface area contributed by atoms with Crippen molar-refractivity contribution in [1.82, 2.24) is 5.32 Å². The zero-order valence-corrected chi connectivity index (χ0v) is 13.3. The molecule has 0 bridgehead atoms. The highest BCUT2D eigenvalue weighted by Crippen LogP contribution is 2.40. The van der Waals surface area contributed by atoms with E-state index in [1.165, 1.54) is 31.0 Å². The van der Waals surface area contributed by atoms with Gasteiger partial charge in [-0.2, -0.15) is 0 Å². The number of nitrogens with one attached hydrogen (secondary N) is 1. The van der Waals surface area contributed by atoms with E-state index in [0.29, 0.717) is 11.8 Å². The minimum atomic E-state index is -0.424. The van der Waals surface area contributed by atoms with Crippen molar-refractivity contribution in [2.75, 3.05) is 6.54 Å². The van der Waals surface area contributed by atoms with Crippen LogP contribution in [0.1, 0.15) is 58.1 Å². The molecular weight excluding hydrogens is 268 g/mol. The normalized spacial score (nSPS) is 24.3. The van der Waals surface area contributed by atoms with E-state index >= 15 is 0 Å². The summed E-state index contributed by atoms with van der Waals surface area (Å²) in [6.07, 6.45) is 4.43. The summed E-state index contributed by atoms with van der Waals surface area (Å²) in [4.78, 5) is 0. The van der Waals surface area contributed by atoms with Crippen molar-refractivity contribution in [2.24, 2.45) is 17.8 Å². The molecule has 0 aliphatic heterocycles. The van der Waals surface area contributed by atoms with Gasteiger partial charge < -0.3 is 5.32 Å². The summed E-state index contributed by atoms with van der Waals surface area (Å²) >= 11 is 0. The van der Waals surface area contributed by atoms with Crippen LogP contribution in [0.3, 0.4) is 0 Å². The van der Waals surface area contributed by atoms with Gasteiger partial charge in [-0.25, -0.2) is 8.78 Å². The molecule has 1 N–H and O–H groups in total. The summed E-state index contributed by atoms with van der Waals surface area (Å²) in [7, 11) is 0. The molecule has 3 heteroatoms. The smallest absolute Gasteiger partial charge is 0.130 e. The molecule has 0 saturated heterocycles. The first-order valence-electron chi connectivity index (χ1n) is 8.21. The van der Waals surface area contributed by atoms with E-state index in [1.54, 1.807) is 0 Å². The third kappa shape index (κ3) is 3.82. The quantitative estimate of drug-likeness (QED) is 0.799. The highest BCUT2D eigenvalue weighted by molar-refractivity contribution is 5.24. The summed E-state index contributed by atoms with van der Waals surface area (Å²) in [6.45, 7) is 7.25. The number of hydrogen-bond acceptors (Lipinski definition) is 1. The minimum absolute atomic E-state index is 0.204. The second kappa shape index (κ2) is 7.35. The molecule has 1 saturated carbocycles. The highest BCUT2D eigenvalue weighted by atomic mass is 19.1. The van der Waals surface area contributed by atoms with Crippen LogP contribution >= 0.6 is 0 Å². The Morgan fingerprint density at radius 1 is 1.05 bits per heavy atom. The first kappa shape index (κ1) is 16.4. The van der Waals surface area contributed by atoms with E-state index in [-0.39, 0.29) is 11.6 Å². The molecule has 1 aromatic carbocycles. The molecule has 1 aliphatic carbocycles. The summed E-state index contributed by atoms with van der Waals surface area (Å²) in [5.41, 5.74) is 0.229. The van der Waals surface area contributed by atoms with Crippen LogP contribution < -0.4 is 5.32 Å². The van der Waals surface area contributed by atoms with Gasteiger partial charge in [-0.05, 0) is 62.1 Å². The van der Waals surface area contributed by atoms with E-state index < -0.39 is 11.6 Å². The standard InChI is InChI=1S/C18H27F2N/c1-4-21-18(17-15(19)6-5-7-16(17)20)14-10-8-13(9-11-14)12(2)3/h5-7,12-14,18,21H,4,8-11H2,1-3H3. The maximum atomic E-state index is 14.1. The van der Waals surface area contributed by atoms with Gasteiger partial charge in [0.15, 0.2) is 0 Å². The fourth-order valence-electron chi connectivity index (χ4n) is 3.68. The molecule has 21 heavy (non-hydrogen) atoms. The molecule has 1 nitrogen and oxygen atoms in total. The van der Waals surface area contributed by atoms with Crippen molar-refractivity contribution in [2.45, 2.75) is 52.5 Å². The molecule has 1 fully saturated rings. The Bertz CT molecular complexity index is 430. The number of rotatable bonds is 5. The third-order valence-electron chi connectivity index (χ3n) is 4.97. The molecule has 1 aromatic rings.